The summed E-state index contributed by atoms with van der Waals surface area (Å²) < 4.78 is 17.0. The number of benzene rings is 1. The SMILES string of the molecule is CO[C@@H]1C[C@](C)(N)[C@H](OCc2ccccc2)[C@H](C)O1. The lowest BCUT2D eigenvalue weighted by molar-refractivity contribution is -0.239. The van der Waals surface area contributed by atoms with Gasteiger partial charge < -0.3 is 19.9 Å². The molecule has 1 heterocycles. The minimum atomic E-state index is -0.451. The Hall–Kier alpha value is -0.940. The molecule has 2 rings (SSSR count). The van der Waals surface area contributed by atoms with Gasteiger partial charge in [0.1, 0.15) is 6.10 Å². The first-order chi connectivity index (χ1) is 9.03. The van der Waals surface area contributed by atoms with Gasteiger partial charge in [-0.2, -0.15) is 0 Å². The summed E-state index contributed by atoms with van der Waals surface area (Å²) in [6.07, 6.45) is 0.158. The van der Waals surface area contributed by atoms with Gasteiger partial charge in [0.05, 0.1) is 12.7 Å². The van der Waals surface area contributed by atoms with Crippen LogP contribution in [0, 0.1) is 0 Å². The molecule has 0 radical (unpaired) electrons. The first-order valence-electron chi connectivity index (χ1n) is 6.65. The molecule has 1 aliphatic heterocycles. The van der Waals surface area contributed by atoms with Crippen LogP contribution in [-0.4, -0.2) is 31.1 Å². The fourth-order valence-electron chi connectivity index (χ4n) is 2.60. The van der Waals surface area contributed by atoms with E-state index >= 15 is 0 Å². The van der Waals surface area contributed by atoms with Crippen LogP contribution in [0.4, 0.5) is 0 Å². The number of methoxy groups -OCH3 is 1. The normalized spacial score (nSPS) is 35.3. The van der Waals surface area contributed by atoms with Gasteiger partial charge in [0.2, 0.25) is 0 Å². The van der Waals surface area contributed by atoms with E-state index in [1.54, 1.807) is 7.11 Å². The average molecular weight is 265 g/mol. The molecule has 1 aromatic carbocycles. The van der Waals surface area contributed by atoms with Crippen LogP contribution in [0.3, 0.4) is 0 Å². The van der Waals surface area contributed by atoms with Gasteiger partial charge in [-0.25, -0.2) is 0 Å². The van der Waals surface area contributed by atoms with Gasteiger partial charge in [-0.3, -0.25) is 0 Å². The summed E-state index contributed by atoms with van der Waals surface area (Å²) in [6.45, 7) is 4.52. The Labute approximate surface area is 114 Å². The zero-order valence-corrected chi connectivity index (χ0v) is 11.8. The van der Waals surface area contributed by atoms with Crippen molar-refractivity contribution in [3.63, 3.8) is 0 Å². The van der Waals surface area contributed by atoms with Crippen molar-refractivity contribution < 1.29 is 14.2 Å². The van der Waals surface area contributed by atoms with Crippen LogP contribution in [0.15, 0.2) is 30.3 Å². The molecular formula is C15H23NO3. The summed E-state index contributed by atoms with van der Waals surface area (Å²) in [5, 5.41) is 0. The van der Waals surface area contributed by atoms with Crippen molar-refractivity contribution in [1.82, 2.24) is 0 Å². The second-order valence-electron chi connectivity index (χ2n) is 5.43. The molecule has 19 heavy (non-hydrogen) atoms. The van der Waals surface area contributed by atoms with Gasteiger partial charge in [0.25, 0.3) is 0 Å². The largest absolute Gasteiger partial charge is 0.369 e. The summed E-state index contributed by atoms with van der Waals surface area (Å²) in [5.41, 5.74) is 7.04. The van der Waals surface area contributed by atoms with Crippen molar-refractivity contribution in [3.8, 4) is 0 Å². The third-order valence-electron chi connectivity index (χ3n) is 3.58. The molecule has 106 valence electrons. The lowest BCUT2D eigenvalue weighted by Gasteiger charge is -2.44. The number of nitrogens with two attached hydrogens (primary N) is 1. The van der Waals surface area contributed by atoms with Gasteiger partial charge in [0, 0.05) is 19.1 Å². The maximum absolute atomic E-state index is 6.36. The van der Waals surface area contributed by atoms with Crippen LogP contribution in [0.2, 0.25) is 0 Å². The zero-order valence-electron chi connectivity index (χ0n) is 11.8. The minimum absolute atomic E-state index is 0.0857. The van der Waals surface area contributed by atoms with Gasteiger partial charge >= 0.3 is 0 Å². The third kappa shape index (κ3) is 3.54. The molecule has 1 aliphatic rings. The highest BCUT2D eigenvalue weighted by atomic mass is 16.7. The fraction of sp³-hybridized carbons (Fsp3) is 0.600. The quantitative estimate of drug-likeness (QED) is 0.905. The predicted molar refractivity (Wildman–Crippen MR) is 73.6 cm³/mol. The van der Waals surface area contributed by atoms with Crippen molar-refractivity contribution in [3.05, 3.63) is 35.9 Å². The molecule has 0 bridgehead atoms. The topological polar surface area (TPSA) is 53.7 Å². The van der Waals surface area contributed by atoms with Crippen LogP contribution in [0.5, 0.6) is 0 Å². The molecule has 1 saturated heterocycles. The van der Waals surface area contributed by atoms with Crippen molar-refractivity contribution in [1.29, 1.82) is 0 Å². The molecule has 1 fully saturated rings. The highest BCUT2D eigenvalue weighted by molar-refractivity contribution is 5.13. The standard InChI is InChI=1S/C15H23NO3/c1-11-14(15(2,16)9-13(17-3)19-11)18-10-12-7-5-4-6-8-12/h4-8,11,13-14H,9-10,16H2,1-3H3/t11-,13-,14+,15-/m0/s1. The predicted octanol–water partition coefficient (Wildman–Crippen LogP) is 2.07. The number of rotatable bonds is 4. The summed E-state index contributed by atoms with van der Waals surface area (Å²) in [5.74, 6) is 0. The molecule has 4 atom stereocenters. The van der Waals surface area contributed by atoms with Crippen LogP contribution in [-0.2, 0) is 20.8 Å². The van der Waals surface area contributed by atoms with E-state index in [4.69, 9.17) is 19.9 Å². The van der Waals surface area contributed by atoms with E-state index in [1.165, 1.54) is 0 Å². The number of hydrogen-bond donors (Lipinski definition) is 1. The summed E-state index contributed by atoms with van der Waals surface area (Å²) in [7, 11) is 1.64. The minimum Gasteiger partial charge on any atom is -0.369 e. The van der Waals surface area contributed by atoms with Crippen molar-refractivity contribution in [2.24, 2.45) is 5.73 Å². The molecule has 1 aromatic rings. The third-order valence-corrected chi connectivity index (χ3v) is 3.58. The number of ether oxygens (including phenoxy) is 3. The lowest BCUT2D eigenvalue weighted by Crippen LogP contribution is -2.61. The molecule has 0 aliphatic carbocycles. The highest BCUT2D eigenvalue weighted by Gasteiger charge is 2.43. The van der Waals surface area contributed by atoms with E-state index in [-0.39, 0.29) is 18.5 Å². The smallest absolute Gasteiger partial charge is 0.159 e. The fourth-order valence-corrected chi connectivity index (χ4v) is 2.60. The van der Waals surface area contributed by atoms with Crippen molar-refractivity contribution in [2.45, 2.75) is 50.9 Å². The Bertz CT molecular complexity index is 394. The van der Waals surface area contributed by atoms with E-state index in [2.05, 4.69) is 0 Å². The maximum Gasteiger partial charge on any atom is 0.159 e. The molecule has 2 N–H and O–H groups in total. The molecular weight excluding hydrogens is 242 g/mol. The van der Waals surface area contributed by atoms with Crippen LogP contribution < -0.4 is 5.73 Å². The molecule has 0 aromatic heterocycles. The average Bonchev–Trinajstić information content (AvgIpc) is 2.38. The Balaban J connectivity index is 1.99. The van der Waals surface area contributed by atoms with E-state index in [1.807, 2.05) is 44.2 Å². The van der Waals surface area contributed by atoms with Crippen LogP contribution in [0.1, 0.15) is 25.8 Å². The molecule has 4 heteroatoms. The summed E-state index contributed by atoms with van der Waals surface area (Å²) in [6, 6.07) is 10.1. The summed E-state index contributed by atoms with van der Waals surface area (Å²) in [4.78, 5) is 0. The van der Waals surface area contributed by atoms with Crippen LogP contribution in [0.25, 0.3) is 0 Å². The second-order valence-corrected chi connectivity index (χ2v) is 5.43. The zero-order chi connectivity index (χ0) is 13.9. The van der Waals surface area contributed by atoms with E-state index < -0.39 is 5.54 Å². The van der Waals surface area contributed by atoms with Crippen molar-refractivity contribution >= 4 is 0 Å². The van der Waals surface area contributed by atoms with Crippen LogP contribution >= 0.6 is 0 Å². The molecule has 0 saturated carbocycles. The monoisotopic (exact) mass is 265 g/mol. The second kappa shape index (κ2) is 6.01. The highest BCUT2D eigenvalue weighted by Crippen LogP contribution is 2.30. The molecule has 0 unspecified atom stereocenters. The van der Waals surface area contributed by atoms with Crippen molar-refractivity contribution in [2.75, 3.05) is 7.11 Å². The molecule has 4 nitrogen and oxygen atoms in total. The van der Waals surface area contributed by atoms with E-state index in [0.717, 1.165) is 5.56 Å². The Kier molecular flexibility index (Phi) is 4.58. The molecule has 0 spiro atoms. The van der Waals surface area contributed by atoms with Gasteiger partial charge in [-0.15, -0.1) is 0 Å². The lowest BCUT2D eigenvalue weighted by atomic mass is 9.86. The Morgan fingerprint density at radius 2 is 2.05 bits per heavy atom. The maximum atomic E-state index is 6.36. The van der Waals surface area contributed by atoms with Gasteiger partial charge in [-0.1, -0.05) is 30.3 Å². The van der Waals surface area contributed by atoms with E-state index in [9.17, 15) is 0 Å². The Morgan fingerprint density at radius 3 is 2.63 bits per heavy atom. The Morgan fingerprint density at radius 1 is 1.37 bits per heavy atom. The van der Waals surface area contributed by atoms with Gasteiger partial charge in [0.15, 0.2) is 6.29 Å². The van der Waals surface area contributed by atoms with E-state index in [0.29, 0.717) is 13.0 Å². The number of hydrogen-bond acceptors (Lipinski definition) is 4. The molecule has 0 amide bonds. The van der Waals surface area contributed by atoms with Gasteiger partial charge in [-0.05, 0) is 19.4 Å². The first kappa shape index (κ1) is 14.5. The first-order valence-corrected chi connectivity index (χ1v) is 6.65. The summed E-state index contributed by atoms with van der Waals surface area (Å²) >= 11 is 0.